The molecule has 112 valence electrons. The predicted octanol–water partition coefficient (Wildman–Crippen LogP) is 4.16. The van der Waals surface area contributed by atoms with E-state index in [1.54, 1.807) is 6.07 Å². The molecule has 21 heavy (non-hydrogen) atoms. The van der Waals surface area contributed by atoms with Gasteiger partial charge in [0.2, 0.25) is 0 Å². The van der Waals surface area contributed by atoms with Crippen LogP contribution in [-0.4, -0.2) is 11.5 Å². The average Bonchev–Trinajstić information content (AvgIpc) is 2.90. The fourth-order valence-corrected chi connectivity index (χ4v) is 2.50. The first-order valence-corrected chi connectivity index (χ1v) is 7.06. The quantitative estimate of drug-likeness (QED) is 0.665. The molecule has 1 aromatic heterocycles. The highest BCUT2D eigenvalue weighted by atomic mass is 35.5. The number of hydrogen-bond donors (Lipinski definition) is 1. The number of nitrogens with one attached hydrogen (secondary N) is 1. The fraction of sp³-hybridized carbons (Fsp3) is 0.333. The van der Waals surface area contributed by atoms with E-state index in [0.717, 1.165) is 16.7 Å². The van der Waals surface area contributed by atoms with E-state index in [1.807, 2.05) is 32.9 Å². The van der Waals surface area contributed by atoms with E-state index in [9.17, 15) is 10.1 Å². The zero-order valence-corrected chi connectivity index (χ0v) is 12.9. The summed E-state index contributed by atoms with van der Waals surface area (Å²) >= 11 is 6.13. The third kappa shape index (κ3) is 3.25. The SMILES string of the molecule is CCNC(c1ccc([N+](=O)[O-])o1)c1cc(C)c(Cl)cc1C. The maximum absolute atomic E-state index is 10.8. The molecule has 1 unspecified atom stereocenters. The first kappa shape index (κ1) is 15.5. The van der Waals surface area contributed by atoms with Gasteiger partial charge < -0.3 is 9.73 Å². The van der Waals surface area contributed by atoms with Crippen LogP contribution in [0.1, 0.15) is 35.4 Å². The molecule has 0 aliphatic carbocycles. The fourth-order valence-electron chi connectivity index (χ4n) is 2.28. The monoisotopic (exact) mass is 308 g/mol. The molecule has 6 heteroatoms. The minimum Gasteiger partial charge on any atom is -0.404 e. The second kappa shape index (κ2) is 6.28. The predicted molar refractivity (Wildman–Crippen MR) is 81.8 cm³/mol. The van der Waals surface area contributed by atoms with E-state index in [0.29, 0.717) is 17.3 Å². The Labute approximate surface area is 128 Å². The highest BCUT2D eigenvalue weighted by Crippen LogP contribution is 2.31. The van der Waals surface area contributed by atoms with E-state index in [4.69, 9.17) is 16.0 Å². The van der Waals surface area contributed by atoms with E-state index < -0.39 is 4.92 Å². The van der Waals surface area contributed by atoms with Gasteiger partial charge >= 0.3 is 5.88 Å². The van der Waals surface area contributed by atoms with Crippen molar-refractivity contribution in [1.29, 1.82) is 0 Å². The lowest BCUT2D eigenvalue weighted by atomic mass is 9.97. The number of rotatable bonds is 5. The number of aryl methyl sites for hydroxylation is 2. The molecule has 0 aliphatic rings. The summed E-state index contributed by atoms with van der Waals surface area (Å²) in [5.74, 6) is 0.268. The molecule has 1 aromatic carbocycles. The minimum absolute atomic E-state index is 0.236. The van der Waals surface area contributed by atoms with E-state index >= 15 is 0 Å². The summed E-state index contributed by atoms with van der Waals surface area (Å²) in [6.07, 6.45) is 0. The number of halogens is 1. The molecule has 1 N–H and O–H groups in total. The number of nitrogens with zero attached hydrogens (tertiary/aromatic N) is 1. The molecule has 0 fully saturated rings. The van der Waals surface area contributed by atoms with Gasteiger partial charge in [-0.2, -0.15) is 0 Å². The number of nitro groups is 1. The van der Waals surface area contributed by atoms with Gasteiger partial charge in [0.05, 0.1) is 12.1 Å². The van der Waals surface area contributed by atoms with Gasteiger partial charge in [-0.3, -0.25) is 10.1 Å². The van der Waals surface area contributed by atoms with Crippen LogP contribution in [0, 0.1) is 24.0 Å². The van der Waals surface area contributed by atoms with Crippen molar-refractivity contribution in [2.24, 2.45) is 0 Å². The van der Waals surface area contributed by atoms with Crippen molar-refractivity contribution in [3.63, 3.8) is 0 Å². The average molecular weight is 309 g/mol. The van der Waals surface area contributed by atoms with Crippen LogP contribution in [0.25, 0.3) is 0 Å². The van der Waals surface area contributed by atoms with Gasteiger partial charge in [0, 0.05) is 5.02 Å². The number of hydrogen-bond acceptors (Lipinski definition) is 4. The summed E-state index contributed by atoms with van der Waals surface area (Å²) in [7, 11) is 0. The van der Waals surface area contributed by atoms with Crippen molar-refractivity contribution in [3.05, 3.63) is 61.9 Å². The minimum atomic E-state index is -0.535. The smallest absolute Gasteiger partial charge is 0.404 e. The Morgan fingerprint density at radius 3 is 2.62 bits per heavy atom. The second-order valence-electron chi connectivity index (χ2n) is 4.88. The third-order valence-electron chi connectivity index (χ3n) is 3.34. The molecule has 0 radical (unpaired) electrons. The first-order chi connectivity index (χ1) is 9.93. The summed E-state index contributed by atoms with van der Waals surface area (Å²) < 4.78 is 5.34. The lowest BCUT2D eigenvalue weighted by Gasteiger charge is -2.19. The zero-order chi connectivity index (χ0) is 15.6. The Hall–Kier alpha value is -1.85. The lowest BCUT2D eigenvalue weighted by molar-refractivity contribution is -0.402. The van der Waals surface area contributed by atoms with Crippen molar-refractivity contribution in [2.45, 2.75) is 26.8 Å². The molecule has 5 nitrogen and oxygen atoms in total. The zero-order valence-electron chi connectivity index (χ0n) is 12.1. The van der Waals surface area contributed by atoms with Crippen LogP contribution in [0.3, 0.4) is 0 Å². The first-order valence-electron chi connectivity index (χ1n) is 6.68. The van der Waals surface area contributed by atoms with Gasteiger partial charge in [-0.15, -0.1) is 0 Å². The van der Waals surface area contributed by atoms with Gasteiger partial charge in [0.1, 0.15) is 10.7 Å². The van der Waals surface area contributed by atoms with Gasteiger partial charge in [0.25, 0.3) is 0 Å². The van der Waals surface area contributed by atoms with Crippen LogP contribution in [0.15, 0.2) is 28.7 Å². The maximum atomic E-state index is 10.8. The summed E-state index contributed by atoms with van der Waals surface area (Å²) in [6, 6.07) is 6.65. The van der Waals surface area contributed by atoms with E-state index in [1.165, 1.54) is 6.07 Å². The van der Waals surface area contributed by atoms with Crippen LogP contribution in [0.4, 0.5) is 5.88 Å². The Bertz CT molecular complexity index is 667. The van der Waals surface area contributed by atoms with Gasteiger partial charge in [-0.25, -0.2) is 0 Å². The normalized spacial score (nSPS) is 12.4. The second-order valence-corrected chi connectivity index (χ2v) is 5.29. The van der Waals surface area contributed by atoms with Gasteiger partial charge in [-0.05, 0) is 49.2 Å². The summed E-state index contributed by atoms with van der Waals surface area (Å²) in [5, 5.41) is 14.8. The molecule has 0 bridgehead atoms. The molecule has 2 rings (SSSR count). The van der Waals surface area contributed by atoms with Gasteiger partial charge in [0.15, 0.2) is 0 Å². The number of benzene rings is 1. The van der Waals surface area contributed by atoms with Crippen molar-refractivity contribution in [2.75, 3.05) is 6.54 Å². The van der Waals surface area contributed by atoms with Crippen molar-refractivity contribution in [3.8, 4) is 0 Å². The maximum Gasteiger partial charge on any atom is 0.433 e. The van der Waals surface area contributed by atoms with Crippen molar-refractivity contribution >= 4 is 17.5 Å². The molecule has 0 aliphatic heterocycles. The Morgan fingerprint density at radius 2 is 2.05 bits per heavy atom. The lowest BCUT2D eigenvalue weighted by Crippen LogP contribution is -2.22. The largest absolute Gasteiger partial charge is 0.433 e. The highest BCUT2D eigenvalue weighted by molar-refractivity contribution is 6.31. The molecular weight excluding hydrogens is 292 g/mol. The van der Waals surface area contributed by atoms with Crippen LogP contribution in [-0.2, 0) is 0 Å². The number of furan rings is 1. The summed E-state index contributed by atoms with van der Waals surface area (Å²) in [6.45, 7) is 6.57. The molecule has 0 amide bonds. The van der Waals surface area contributed by atoms with Crippen LogP contribution in [0.5, 0.6) is 0 Å². The molecule has 2 aromatic rings. The summed E-state index contributed by atoms with van der Waals surface area (Å²) in [5.41, 5.74) is 2.97. The molecular formula is C15H17ClN2O3. The third-order valence-corrected chi connectivity index (χ3v) is 3.75. The molecule has 1 atom stereocenters. The van der Waals surface area contributed by atoms with Crippen molar-refractivity contribution < 1.29 is 9.34 Å². The summed E-state index contributed by atoms with van der Waals surface area (Å²) in [4.78, 5) is 10.2. The molecule has 0 saturated heterocycles. The highest BCUT2D eigenvalue weighted by Gasteiger charge is 2.22. The molecule has 0 spiro atoms. The topological polar surface area (TPSA) is 68.3 Å². The molecule has 1 heterocycles. The standard InChI is InChI=1S/C15H17ClN2O3/c1-4-17-15(13-5-6-14(21-13)18(19)20)11-7-10(3)12(16)8-9(11)2/h5-8,15,17H,4H2,1-3H3. The van der Waals surface area contributed by atoms with Crippen LogP contribution < -0.4 is 5.32 Å². The van der Waals surface area contributed by atoms with Crippen LogP contribution >= 0.6 is 11.6 Å². The van der Waals surface area contributed by atoms with Gasteiger partial charge in [-0.1, -0.05) is 24.6 Å². The van der Waals surface area contributed by atoms with Crippen LogP contribution in [0.2, 0.25) is 5.02 Å². The Morgan fingerprint density at radius 1 is 1.33 bits per heavy atom. The Balaban J connectivity index is 2.47. The van der Waals surface area contributed by atoms with E-state index in [2.05, 4.69) is 5.32 Å². The van der Waals surface area contributed by atoms with Crippen molar-refractivity contribution in [1.82, 2.24) is 5.32 Å². The Kier molecular flexibility index (Phi) is 4.65. The molecule has 0 saturated carbocycles. The van der Waals surface area contributed by atoms with E-state index in [-0.39, 0.29) is 11.9 Å².